The molecule has 3 rings (SSSR count). The van der Waals surface area contributed by atoms with Gasteiger partial charge >= 0.3 is 5.97 Å². The molecule has 1 aliphatic heterocycles. The van der Waals surface area contributed by atoms with Gasteiger partial charge in [0.2, 0.25) is 10.0 Å². The van der Waals surface area contributed by atoms with Gasteiger partial charge in [-0.05, 0) is 52.9 Å². The van der Waals surface area contributed by atoms with Crippen LogP contribution in [-0.4, -0.2) is 36.9 Å². The van der Waals surface area contributed by atoms with E-state index in [4.69, 9.17) is 0 Å². The van der Waals surface area contributed by atoms with E-state index in [1.807, 2.05) is 0 Å². The molecule has 1 N–H and O–H groups in total. The first-order valence-corrected chi connectivity index (χ1v) is 9.19. The third-order valence-electron chi connectivity index (χ3n) is 4.79. The topological polar surface area (TPSA) is 74.7 Å². The van der Waals surface area contributed by atoms with Crippen LogP contribution in [0.3, 0.4) is 0 Å². The lowest BCUT2D eigenvalue weighted by Crippen LogP contribution is -2.37. The summed E-state index contributed by atoms with van der Waals surface area (Å²) >= 11 is 2.98. The number of fused-ring (bicyclic) bond motifs is 1. The number of hydrogen-bond acceptors (Lipinski definition) is 3. The molecule has 0 radical (unpaired) electrons. The fraction of sp³-hybridized carbons (Fsp3) is 0.500. The minimum absolute atomic E-state index is 0.00959. The maximum Gasteiger partial charge on any atom is 0.311 e. The fourth-order valence-corrected chi connectivity index (χ4v) is 5.67. The zero-order valence-electron chi connectivity index (χ0n) is 11.6. The van der Waals surface area contributed by atoms with Gasteiger partial charge in [0, 0.05) is 13.1 Å². The predicted octanol–water partition coefficient (Wildman–Crippen LogP) is 2.46. The van der Waals surface area contributed by atoms with Crippen molar-refractivity contribution in [2.75, 3.05) is 13.1 Å². The van der Waals surface area contributed by atoms with Crippen molar-refractivity contribution in [2.24, 2.45) is 11.3 Å². The van der Waals surface area contributed by atoms with E-state index >= 15 is 0 Å². The lowest BCUT2D eigenvalue weighted by atomic mass is 9.81. The minimum Gasteiger partial charge on any atom is -0.481 e. The van der Waals surface area contributed by atoms with Gasteiger partial charge in [0.1, 0.15) is 5.82 Å². The monoisotopic (exact) mass is 391 g/mol. The van der Waals surface area contributed by atoms with Crippen molar-refractivity contribution in [3.63, 3.8) is 0 Å². The third kappa shape index (κ3) is 2.28. The number of sulfonamides is 1. The molecule has 120 valence electrons. The van der Waals surface area contributed by atoms with Crippen molar-refractivity contribution in [1.29, 1.82) is 0 Å². The van der Waals surface area contributed by atoms with Gasteiger partial charge in [0.15, 0.2) is 0 Å². The normalized spacial score (nSPS) is 28.7. The van der Waals surface area contributed by atoms with E-state index in [1.54, 1.807) is 0 Å². The molecule has 0 amide bonds. The summed E-state index contributed by atoms with van der Waals surface area (Å²) in [5.74, 6) is -1.61. The number of aliphatic carboxylic acids is 1. The van der Waals surface area contributed by atoms with Gasteiger partial charge < -0.3 is 5.11 Å². The average molecular weight is 392 g/mol. The molecule has 2 aliphatic rings. The van der Waals surface area contributed by atoms with Crippen molar-refractivity contribution in [1.82, 2.24) is 4.31 Å². The smallest absolute Gasteiger partial charge is 0.311 e. The number of rotatable bonds is 3. The van der Waals surface area contributed by atoms with Crippen LogP contribution in [0.25, 0.3) is 0 Å². The number of carboxylic acids is 1. The summed E-state index contributed by atoms with van der Waals surface area (Å²) in [7, 11) is -3.82. The number of carboxylic acid groups (broad SMARTS) is 1. The highest BCUT2D eigenvalue weighted by molar-refractivity contribution is 9.10. The second-order valence-corrected chi connectivity index (χ2v) is 8.72. The summed E-state index contributed by atoms with van der Waals surface area (Å²) in [4.78, 5) is 11.6. The Kier molecular flexibility index (Phi) is 3.81. The molecule has 1 saturated heterocycles. The second-order valence-electron chi connectivity index (χ2n) is 5.92. The Balaban J connectivity index is 1.94. The molecule has 1 aromatic rings. The lowest BCUT2D eigenvalue weighted by molar-refractivity contribution is -0.149. The Morgan fingerprint density at radius 3 is 2.77 bits per heavy atom. The molecule has 0 spiro atoms. The van der Waals surface area contributed by atoms with Gasteiger partial charge in [-0.1, -0.05) is 6.42 Å². The molecule has 2 fully saturated rings. The van der Waals surface area contributed by atoms with E-state index in [9.17, 15) is 22.7 Å². The Morgan fingerprint density at radius 2 is 2.18 bits per heavy atom. The molecule has 1 aliphatic carbocycles. The van der Waals surface area contributed by atoms with Gasteiger partial charge in [-0.25, -0.2) is 12.8 Å². The Morgan fingerprint density at radius 1 is 1.45 bits per heavy atom. The molecule has 1 aromatic carbocycles. The number of halogens is 2. The molecule has 5 nitrogen and oxygen atoms in total. The molecule has 1 heterocycles. The number of hydrogen-bond donors (Lipinski definition) is 1. The van der Waals surface area contributed by atoms with Gasteiger partial charge in [-0.15, -0.1) is 0 Å². The largest absolute Gasteiger partial charge is 0.481 e. The summed E-state index contributed by atoms with van der Waals surface area (Å²) in [6.07, 6.45) is 2.05. The Bertz CT molecular complexity index is 738. The first-order valence-electron chi connectivity index (χ1n) is 6.96. The van der Waals surface area contributed by atoms with Crippen LogP contribution in [0.4, 0.5) is 4.39 Å². The highest BCUT2D eigenvalue weighted by Gasteiger charge is 2.57. The molecule has 0 aromatic heterocycles. The Labute approximate surface area is 136 Å². The molecular formula is C14H15BrFNO4S. The van der Waals surface area contributed by atoms with E-state index < -0.39 is 27.2 Å². The minimum atomic E-state index is -3.82. The quantitative estimate of drug-likeness (QED) is 0.858. The van der Waals surface area contributed by atoms with Gasteiger partial charge in [0.25, 0.3) is 0 Å². The molecule has 0 unspecified atom stereocenters. The summed E-state index contributed by atoms with van der Waals surface area (Å²) < 4.78 is 40.0. The second kappa shape index (κ2) is 5.28. The van der Waals surface area contributed by atoms with E-state index in [0.29, 0.717) is 6.42 Å². The standard InChI is InChI=1S/C14H15BrFNO4S/c15-11-6-10(3-4-12(11)16)22(20,21)17-7-9-2-1-5-14(9,8-17)13(18)19/h3-4,6,9H,1-2,5,7-8H2,(H,18,19)/t9-,14+/m0/s1. The van der Waals surface area contributed by atoms with E-state index in [1.165, 1.54) is 16.4 Å². The van der Waals surface area contributed by atoms with Crippen molar-refractivity contribution in [3.8, 4) is 0 Å². The molecular weight excluding hydrogens is 377 g/mol. The summed E-state index contributed by atoms with van der Waals surface area (Å²) in [5.41, 5.74) is -0.968. The SMILES string of the molecule is O=C(O)[C@@]12CCC[C@H]1CN(S(=O)(=O)c1ccc(F)c(Br)c1)C2. The summed E-state index contributed by atoms with van der Waals surface area (Å²) in [6.45, 7) is 0.202. The molecule has 0 bridgehead atoms. The number of nitrogens with zero attached hydrogens (tertiary/aromatic N) is 1. The van der Waals surface area contributed by atoms with Gasteiger partial charge in [0.05, 0.1) is 14.8 Å². The van der Waals surface area contributed by atoms with Crippen molar-refractivity contribution < 1.29 is 22.7 Å². The molecule has 22 heavy (non-hydrogen) atoms. The molecule has 2 atom stereocenters. The predicted molar refractivity (Wildman–Crippen MR) is 80.3 cm³/mol. The molecule has 8 heteroatoms. The van der Waals surface area contributed by atoms with E-state index in [-0.39, 0.29) is 28.4 Å². The third-order valence-corrected chi connectivity index (χ3v) is 7.21. The van der Waals surface area contributed by atoms with Crippen LogP contribution < -0.4 is 0 Å². The summed E-state index contributed by atoms with van der Waals surface area (Å²) in [6, 6.07) is 3.50. The molecule has 1 saturated carbocycles. The van der Waals surface area contributed by atoms with Crippen LogP contribution in [0.15, 0.2) is 27.6 Å². The van der Waals surface area contributed by atoms with Crippen LogP contribution in [-0.2, 0) is 14.8 Å². The highest BCUT2D eigenvalue weighted by Crippen LogP contribution is 2.50. The maximum absolute atomic E-state index is 13.3. The number of carbonyl (C=O) groups is 1. The lowest BCUT2D eigenvalue weighted by Gasteiger charge is -2.23. The maximum atomic E-state index is 13.3. The number of benzene rings is 1. The van der Waals surface area contributed by atoms with Crippen molar-refractivity contribution in [2.45, 2.75) is 24.2 Å². The fourth-order valence-electron chi connectivity index (χ4n) is 3.56. The van der Waals surface area contributed by atoms with Crippen molar-refractivity contribution in [3.05, 3.63) is 28.5 Å². The van der Waals surface area contributed by atoms with Crippen LogP contribution in [0.1, 0.15) is 19.3 Å². The van der Waals surface area contributed by atoms with Gasteiger partial charge in [-0.2, -0.15) is 4.31 Å². The first kappa shape index (κ1) is 15.9. The average Bonchev–Trinajstić information content (AvgIpc) is 2.99. The summed E-state index contributed by atoms with van der Waals surface area (Å²) in [5, 5.41) is 9.53. The first-order chi connectivity index (χ1) is 10.3. The van der Waals surface area contributed by atoms with E-state index in [0.717, 1.165) is 18.9 Å². The van der Waals surface area contributed by atoms with Crippen LogP contribution in [0.2, 0.25) is 0 Å². The zero-order valence-corrected chi connectivity index (χ0v) is 14.0. The van der Waals surface area contributed by atoms with Crippen LogP contribution >= 0.6 is 15.9 Å². The van der Waals surface area contributed by atoms with Crippen molar-refractivity contribution >= 4 is 31.9 Å². The van der Waals surface area contributed by atoms with Crippen LogP contribution in [0, 0.1) is 17.2 Å². The highest BCUT2D eigenvalue weighted by atomic mass is 79.9. The Hall–Kier alpha value is -0.990. The zero-order chi connectivity index (χ0) is 16.1. The van der Waals surface area contributed by atoms with E-state index in [2.05, 4.69) is 15.9 Å². The van der Waals surface area contributed by atoms with Gasteiger partial charge in [-0.3, -0.25) is 4.79 Å². The van der Waals surface area contributed by atoms with Crippen LogP contribution in [0.5, 0.6) is 0 Å².